The number of hydrogen-bond donors (Lipinski definition) is 0. The Bertz CT molecular complexity index is 2430. The monoisotopic (exact) mass is 608 g/mol. The SMILES string of the molecule is c1ccc(-c2nc(-c3ccccc3)nc(-c3cccc4sc5ccc(-c6ccc(-c7nc8ccccc8o7)cc6)cc5c34)n2)cc1. The Morgan fingerprint density at radius 2 is 1.07 bits per heavy atom. The molecule has 216 valence electrons. The second-order valence-corrected chi connectivity index (χ2v) is 12.2. The number of rotatable bonds is 5. The van der Waals surface area contributed by atoms with Gasteiger partial charge in [-0.15, -0.1) is 11.3 Å². The van der Waals surface area contributed by atoms with Crippen LogP contribution in [-0.2, 0) is 0 Å². The van der Waals surface area contributed by atoms with Crippen molar-refractivity contribution in [1.29, 1.82) is 0 Å². The topological polar surface area (TPSA) is 64.7 Å². The van der Waals surface area contributed by atoms with Gasteiger partial charge in [0.15, 0.2) is 23.1 Å². The lowest BCUT2D eigenvalue weighted by atomic mass is 9.99. The minimum absolute atomic E-state index is 0.624. The van der Waals surface area contributed by atoms with Crippen molar-refractivity contribution in [3.05, 3.63) is 146 Å². The highest BCUT2D eigenvalue weighted by Crippen LogP contribution is 2.41. The lowest BCUT2D eigenvalue weighted by Gasteiger charge is -2.10. The van der Waals surface area contributed by atoms with E-state index in [1.165, 1.54) is 14.8 Å². The van der Waals surface area contributed by atoms with E-state index in [0.717, 1.165) is 49.9 Å². The number of benzene rings is 6. The van der Waals surface area contributed by atoms with Crippen LogP contribution in [0.15, 0.2) is 150 Å². The maximum atomic E-state index is 6.00. The summed E-state index contributed by atoms with van der Waals surface area (Å²) in [5, 5.41) is 2.33. The first-order valence-electron chi connectivity index (χ1n) is 15.1. The van der Waals surface area contributed by atoms with E-state index in [2.05, 4.69) is 65.6 Å². The van der Waals surface area contributed by atoms with Crippen LogP contribution in [-0.4, -0.2) is 19.9 Å². The van der Waals surface area contributed by atoms with Gasteiger partial charge in [-0.1, -0.05) is 103 Å². The molecular weight excluding hydrogens is 585 g/mol. The van der Waals surface area contributed by atoms with Crippen LogP contribution in [0.3, 0.4) is 0 Å². The highest BCUT2D eigenvalue weighted by Gasteiger charge is 2.17. The fraction of sp³-hybridized carbons (Fsp3) is 0. The van der Waals surface area contributed by atoms with Crippen LogP contribution in [0.25, 0.3) is 88.0 Å². The van der Waals surface area contributed by atoms with Crippen LogP contribution in [0.1, 0.15) is 0 Å². The largest absolute Gasteiger partial charge is 0.436 e. The van der Waals surface area contributed by atoms with Crippen LogP contribution in [0.4, 0.5) is 0 Å². The number of fused-ring (bicyclic) bond motifs is 4. The van der Waals surface area contributed by atoms with E-state index in [4.69, 9.17) is 19.4 Å². The molecule has 0 atom stereocenters. The number of para-hydroxylation sites is 2. The third-order valence-electron chi connectivity index (χ3n) is 8.19. The Hall–Kier alpha value is -5.98. The second-order valence-electron chi connectivity index (χ2n) is 11.1. The molecule has 0 spiro atoms. The van der Waals surface area contributed by atoms with Crippen LogP contribution in [0.2, 0.25) is 0 Å². The predicted octanol–water partition coefficient (Wildman–Crippen LogP) is 10.7. The highest BCUT2D eigenvalue weighted by atomic mass is 32.1. The first-order chi connectivity index (χ1) is 22.8. The zero-order valence-electron chi connectivity index (χ0n) is 24.5. The molecule has 0 bridgehead atoms. The minimum Gasteiger partial charge on any atom is -0.436 e. The third kappa shape index (κ3) is 4.64. The van der Waals surface area contributed by atoms with Crippen molar-refractivity contribution >= 4 is 42.6 Å². The van der Waals surface area contributed by atoms with Crippen molar-refractivity contribution in [2.45, 2.75) is 0 Å². The summed E-state index contributed by atoms with van der Waals surface area (Å²) in [5.74, 6) is 2.59. The Balaban J connectivity index is 1.17. The van der Waals surface area contributed by atoms with Crippen LogP contribution >= 0.6 is 11.3 Å². The summed E-state index contributed by atoms with van der Waals surface area (Å²) >= 11 is 1.79. The lowest BCUT2D eigenvalue weighted by molar-refractivity contribution is 0.620. The number of thiophene rings is 1. The average Bonchev–Trinajstić information content (AvgIpc) is 3.74. The maximum absolute atomic E-state index is 6.00. The van der Waals surface area contributed by atoms with Crippen LogP contribution < -0.4 is 0 Å². The van der Waals surface area contributed by atoms with Gasteiger partial charge in [0, 0.05) is 42.4 Å². The van der Waals surface area contributed by atoms with Gasteiger partial charge in [0.2, 0.25) is 5.89 Å². The Morgan fingerprint density at radius 1 is 0.435 bits per heavy atom. The summed E-state index contributed by atoms with van der Waals surface area (Å²) in [6, 6.07) is 49.5. The molecule has 5 nitrogen and oxygen atoms in total. The van der Waals surface area contributed by atoms with Gasteiger partial charge in [-0.05, 0) is 53.6 Å². The van der Waals surface area contributed by atoms with E-state index in [9.17, 15) is 0 Å². The smallest absolute Gasteiger partial charge is 0.227 e. The molecule has 0 aliphatic rings. The zero-order chi connectivity index (χ0) is 30.5. The predicted molar refractivity (Wildman–Crippen MR) is 187 cm³/mol. The summed E-state index contributed by atoms with van der Waals surface area (Å²) in [4.78, 5) is 19.6. The molecule has 3 aromatic heterocycles. The van der Waals surface area contributed by atoms with Gasteiger partial charge in [-0.2, -0.15) is 0 Å². The Labute approximate surface area is 268 Å². The van der Waals surface area contributed by atoms with Gasteiger partial charge in [0.1, 0.15) is 5.52 Å². The van der Waals surface area contributed by atoms with E-state index in [-0.39, 0.29) is 0 Å². The summed E-state index contributed by atoms with van der Waals surface area (Å²) in [6.45, 7) is 0. The minimum atomic E-state index is 0.624. The standard InChI is InChI=1S/C40H24N4OS/c1-3-10-26(11-4-1)37-42-38(27-12-5-2-6-13-27)44-39(43-37)30-14-9-17-35-36(30)31-24-29(22-23-34(31)46-35)25-18-20-28(21-19-25)40-41-32-15-7-8-16-33(32)45-40/h1-24H. The van der Waals surface area contributed by atoms with Crippen molar-refractivity contribution in [3.63, 3.8) is 0 Å². The zero-order valence-corrected chi connectivity index (χ0v) is 25.3. The molecule has 0 N–H and O–H groups in total. The van der Waals surface area contributed by atoms with Crippen molar-refractivity contribution < 1.29 is 4.42 Å². The number of oxazole rings is 1. The van der Waals surface area contributed by atoms with E-state index < -0.39 is 0 Å². The molecule has 0 aliphatic carbocycles. The van der Waals surface area contributed by atoms with Gasteiger partial charge in [-0.3, -0.25) is 0 Å². The molecule has 0 fully saturated rings. The fourth-order valence-electron chi connectivity index (χ4n) is 5.92. The van der Waals surface area contributed by atoms with E-state index in [0.29, 0.717) is 23.4 Å². The number of aromatic nitrogens is 4. The Kier molecular flexibility index (Phi) is 6.25. The normalized spacial score (nSPS) is 11.5. The van der Waals surface area contributed by atoms with Gasteiger partial charge in [-0.25, -0.2) is 19.9 Å². The summed E-state index contributed by atoms with van der Waals surface area (Å²) in [6.07, 6.45) is 0. The number of hydrogen-bond acceptors (Lipinski definition) is 6. The van der Waals surface area contributed by atoms with E-state index in [1.54, 1.807) is 11.3 Å². The first kappa shape index (κ1) is 26.4. The fourth-order valence-corrected chi connectivity index (χ4v) is 7.04. The molecule has 46 heavy (non-hydrogen) atoms. The molecule has 6 aromatic carbocycles. The quantitative estimate of drug-likeness (QED) is 0.194. The summed E-state index contributed by atoms with van der Waals surface area (Å²) in [5.41, 5.74) is 7.75. The molecule has 0 aliphatic heterocycles. The van der Waals surface area contributed by atoms with Crippen LogP contribution in [0.5, 0.6) is 0 Å². The maximum Gasteiger partial charge on any atom is 0.227 e. The van der Waals surface area contributed by atoms with E-state index >= 15 is 0 Å². The van der Waals surface area contributed by atoms with Crippen molar-refractivity contribution in [2.24, 2.45) is 0 Å². The summed E-state index contributed by atoms with van der Waals surface area (Å²) in [7, 11) is 0. The van der Waals surface area contributed by atoms with Crippen molar-refractivity contribution in [1.82, 2.24) is 19.9 Å². The molecule has 3 heterocycles. The van der Waals surface area contributed by atoms with Gasteiger partial charge in [0.05, 0.1) is 0 Å². The lowest BCUT2D eigenvalue weighted by Crippen LogP contribution is -2.00. The first-order valence-corrected chi connectivity index (χ1v) is 15.9. The molecule has 0 amide bonds. The molecule has 9 aromatic rings. The van der Waals surface area contributed by atoms with Gasteiger partial charge >= 0.3 is 0 Å². The molecule has 0 saturated heterocycles. The van der Waals surface area contributed by atoms with E-state index in [1.807, 2.05) is 84.9 Å². The van der Waals surface area contributed by atoms with Gasteiger partial charge < -0.3 is 4.42 Å². The molecule has 9 rings (SSSR count). The number of nitrogens with zero attached hydrogens (tertiary/aromatic N) is 4. The second kappa shape index (κ2) is 10.9. The van der Waals surface area contributed by atoms with Crippen LogP contribution in [0, 0.1) is 0 Å². The molecule has 0 radical (unpaired) electrons. The average molecular weight is 609 g/mol. The molecular formula is C40H24N4OS. The molecule has 6 heteroatoms. The van der Waals surface area contributed by atoms with Crippen molar-refractivity contribution in [3.8, 4) is 56.7 Å². The van der Waals surface area contributed by atoms with Gasteiger partial charge in [0.25, 0.3) is 0 Å². The molecule has 0 saturated carbocycles. The Morgan fingerprint density at radius 3 is 1.78 bits per heavy atom. The summed E-state index contributed by atoms with van der Waals surface area (Å²) < 4.78 is 8.41. The third-order valence-corrected chi connectivity index (χ3v) is 9.33. The highest BCUT2D eigenvalue weighted by molar-refractivity contribution is 7.26. The molecule has 0 unspecified atom stereocenters. The van der Waals surface area contributed by atoms with Crippen molar-refractivity contribution in [2.75, 3.05) is 0 Å².